The minimum atomic E-state index is -0.283. The first-order valence-corrected chi connectivity index (χ1v) is 5.79. The third-order valence-corrected chi connectivity index (χ3v) is 3.63. The SMILES string of the molecule is Cn1nc(C2CC2)nc1C(C)(N)C1CC1. The molecule has 1 aromatic heterocycles. The number of hydrogen-bond donors (Lipinski definition) is 1. The minimum Gasteiger partial charge on any atom is -0.319 e. The second-order valence-corrected chi connectivity index (χ2v) is 5.25. The Morgan fingerprint density at radius 3 is 2.53 bits per heavy atom. The van der Waals surface area contributed by atoms with Gasteiger partial charge in [0.05, 0.1) is 5.54 Å². The van der Waals surface area contributed by atoms with Gasteiger partial charge in [0, 0.05) is 13.0 Å². The molecule has 1 unspecified atom stereocenters. The van der Waals surface area contributed by atoms with Gasteiger partial charge in [0.1, 0.15) is 5.82 Å². The van der Waals surface area contributed by atoms with Gasteiger partial charge in [-0.05, 0) is 38.5 Å². The van der Waals surface area contributed by atoms with E-state index in [1.807, 2.05) is 11.7 Å². The molecule has 1 heterocycles. The highest BCUT2D eigenvalue weighted by molar-refractivity contribution is 5.14. The first-order chi connectivity index (χ1) is 7.09. The smallest absolute Gasteiger partial charge is 0.154 e. The molecule has 3 rings (SSSR count). The molecule has 0 saturated heterocycles. The molecule has 0 aliphatic heterocycles. The Balaban J connectivity index is 1.95. The van der Waals surface area contributed by atoms with Crippen molar-refractivity contribution in [3.8, 4) is 0 Å². The maximum absolute atomic E-state index is 6.35. The summed E-state index contributed by atoms with van der Waals surface area (Å²) < 4.78 is 1.88. The van der Waals surface area contributed by atoms with Gasteiger partial charge in [-0.25, -0.2) is 4.98 Å². The van der Waals surface area contributed by atoms with E-state index in [0.717, 1.165) is 11.6 Å². The van der Waals surface area contributed by atoms with Gasteiger partial charge >= 0.3 is 0 Å². The first kappa shape index (κ1) is 9.33. The monoisotopic (exact) mass is 206 g/mol. The van der Waals surface area contributed by atoms with E-state index in [1.54, 1.807) is 0 Å². The van der Waals surface area contributed by atoms with Gasteiger partial charge in [0.15, 0.2) is 5.82 Å². The molecule has 0 spiro atoms. The Morgan fingerprint density at radius 1 is 1.33 bits per heavy atom. The summed E-state index contributed by atoms with van der Waals surface area (Å²) in [6.07, 6.45) is 4.96. The van der Waals surface area contributed by atoms with Crippen molar-refractivity contribution in [2.45, 2.75) is 44.1 Å². The molecular formula is C11H18N4. The van der Waals surface area contributed by atoms with E-state index >= 15 is 0 Å². The second kappa shape index (κ2) is 2.82. The quantitative estimate of drug-likeness (QED) is 0.810. The Kier molecular flexibility index (Phi) is 1.75. The summed E-state index contributed by atoms with van der Waals surface area (Å²) in [7, 11) is 1.96. The van der Waals surface area contributed by atoms with Crippen molar-refractivity contribution >= 4 is 0 Å². The van der Waals surface area contributed by atoms with E-state index in [4.69, 9.17) is 5.73 Å². The number of hydrogen-bond acceptors (Lipinski definition) is 3. The zero-order chi connectivity index (χ0) is 10.6. The molecule has 2 fully saturated rings. The van der Waals surface area contributed by atoms with Gasteiger partial charge in [-0.1, -0.05) is 0 Å². The Morgan fingerprint density at radius 2 is 2.00 bits per heavy atom. The molecule has 2 saturated carbocycles. The van der Waals surface area contributed by atoms with Crippen molar-refractivity contribution in [2.24, 2.45) is 18.7 Å². The number of nitrogens with zero attached hydrogens (tertiary/aromatic N) is 3. The van der Waals surface area contributed by atoms with Crippen molar-refractivity contribution in [1.29, 1.82) is 0 Å². The molecule has 4 heteroatoms. The molecule has 1 aromatic rings. The van der Waals surface area contributed by atoms with E-state index in [1.165, 1.54) is 25.7 Å². The highest BCUT2D eigenvalue weighted by atomic mass is 15.3. The molecule has 2 aliphatic carbocycles. The second-order valence-electron chi connectivity index (χ2n) is 5.25. The molecule has 2 N–H and O–H groups in total. The maximum Gasteiger partial charge on any atom is 0.154 e. The maximum atomic E-state index is 6.35. The van der Waals surface area contributed by atoms with Crippen molar-refractivity contribution in [3.63, 3.8) is 0 Å². The lowest BCUT2D eigenvalue weighted by molar-refractivity contribution is 0.382. The summed E-state index contributed by atoms with van der Waals surface area (Å²) in [6.45, 7) is 2.09. The molecular weight excluding hydrogens is 188 g/mol. The highest BCUT2D eigenvalue weighted by Crippen LogP contribution is 2.44. The Labute approximate surface area is 89.9 Å². The van der Waals surface area contributed by atoms with Crippen LogP contribution in [0.15, 0.2) is 0 Å². The van der Waals surface area contributed by atoms with Crippen LogP contribution in [0.25, 0.3) is 0 Å². The summed E-state index contributed by atoms with van der Waals surface area (Å²) in [5.74, 6) is 3.18. The van der Waals surface area contributed by atoms with Crippen LogP contribution < -0.4 is 5.73 Å². The normalized spacial score (nSPS) is 25.3. The van der Waals surface area contributed by atoms with Gasteiger partial charge in [-0.3, -0.25) is 4.68 Å². The lowest BCUT2D eigenvalue weighted by atomic mass is 9.96. The third kappa shape index (κ3) is 1.47. The first-order valence-electron chi connectivity index (χ1n) is 5.79. The van der Waals surface area contributed by atoms with Crippen molar-refractivity contribution in [3.05, 3.63) is 11.6 Å². The predicted octanol–water partition coefficient (Wildman–Crippen LogP) is 1.28. The van der Waals surface area contributed by atoms with Crippen molar-refractivity contribution < 1.29 is 0 Å². The van der Waals surface area contributed by atoms with Crippen molar-refractivity contribution in [1.82, 2.24) is 14.8 Å². The number of nitrogens with two attached hydrogens (primary N) is 1. The summed E-state index contributed by atoms with van der Waals surface area (Å²) in [4.78, 5) is 4.63. The van der Waals surface area contributed by atoms with Gasteiger partial charge in [-0.2, -0.15) is 5.10 Å². The minimum absolute atomic E-state index is 0.283. The van der Waals surface area contributed by atoms with Crippen LogP contribution in [0.5, 0.6) is 0 Å². The lowest BCUT2D eigenvalue weighted by Crippen LogP contribution is -2.38. The van der Waals surface area contributed by atoms with E-state index in [2.05, 4.69) is 17.0 Å². The van der Waals surface area contributed by atoms with Gasteiger partial charge < -0.3 is 5.73 Å². The van der Waals surface area contributed by atoms with Crippen LogP contribution in [0.2, 0.25) is 0 Å². The molecule has 2 aliphatic rings. The van der Waals surface area contributed by atoms with E-state index < -0.39 is 0 Å². The summed E-state index contributed by atoms with van der Waals surface area (Å²) in [5.41, 5.74) is 6.07. The molecule has 82 valence electrons. The fourth-order valence-corrected chi connectivity index (χ4v) is 2.25. The molecule has 0 radical (unpaired) electrons. The standard InChI is InChI=1S/C11H18N4/c1-11(12,8-5-6-8)10-13-9(7-3-4-7)14-15(10)2/h7-8H,3-6,12H2,1-2H3. The fourth-order valence-electron chi connectivity index (χ4n) is 2.25. The van der Waals surface area contributed by atoms with Crippen LogP contribution >= 0.6 is 0 Å². The van der Waals surface area contributed by atoms with E-state index in [-0.39, 0.29) is 5.54 Å². The topological polar surface area (TPSA) is 56.7 Å². The molecule has 0 aromatic carbocycles. The average Bonchev–Trinajstić information content (AvgIpc) is 3.01. The van der Waals surface area contributed by atoms with Gasteiger partial charge in [0.25, 0.3) is 0 Å². The lowest BCUT2D eigenvalue weighted by Gasteiger charge is -2.22. The van der Waals surface area contributed by atoms with E-state index in [9.17, 15) is 0 Å². The number of aromatic nitrogens is 3. The van der Waals surface area contributed by atoms with Crippen LogP contribution in [-0.4, -0.2) is 14.8 Å². The third-order valence-electron chi connectivity index (χ3n) is 3.63. The zero-order valence-corrected chi connectivity index (χ0v) is 9.40. The average molecular weight is 206 g/mol. The van der Waals surface area contributed by atoms with Crippen molar-refractivity contribution in [2.75, 3.05) is 0 Å². The zero-order valence-electron chi connectivity index (χ0n) is 9.40. The van der Waals surface area contributed by atoms with Crippen LogP contribution in [0.1, 0.15) is 50.2 Å². The number of aryl methyl sites for hydroxylation is 1. The summed E-state index contributed by atoms with van der Waals surface area (Å²) in [6, 6.07) is 0. The molecule has 0 amide bonds. The summed E-state index contributed by atoms with van der Waals surface area (Å²) >= 11 is 0. The molecule has 1 atom stereocenters. The van der Waals surface area contributed by atoms with Gasteiger partial charge in [-0.15, -0.1) is 0 Å². The van der Waals surface area contributed by atoms with E-state index in [0.29, 0.717) is 11.8 Å². The molecule has 4 nitrogen and oxygen atoms in total. The predicted molar refractivity (Wildman–Crippen MR) is 57.2 cm³/mol. The van der Waals surface area contributed by atoms with Crippen LogP contribution in [0, 0.1) is 5.92 Å². The molecule has 0 bridgehead atoms. The Bertz CT molecular complexity index is 385. The Hall–Kier alpha value is -0.900. The van der Waals surface area contributed by atoms with Crippen LogP contribution in [-0.2, 0) is 12.6 Å². The fraction of sp³-hybridized carbons (Fsp3) is 0.818. The molecule has 15 heavy (non-hydrogen) atoms. The number of rotatable bonds is 3. The highest BCUT2D eigenvalue weighted by Gasteiger charge is 2.43. The van der Waals surface area contributed by atoms with Crippen LogP contribution in [0.4, 0.5) is 0 Å². The van der Waals surface area contributed by atoms with Crippen LogP contribution in [0.3, 0.4) is 0 Å². The largest absolute Gasteiger partial charge is 0.319 e. The summed E-state index contributed by atoms with van der Waals surface area (Å²) in [5, 5.41) is 4.47. The van der Waals surface area contributed by atoms with Gasteiger partial charge in [0.2, 0.25) is 0 Å².